The van der Waals surface area contributed by atoms with Crippen molar-refractivity contribution in [3.63, 3.8) is 0 Å². The number of fused-ring (bicyclic) bond motifs is 1. The first-order valence-electron chi connectivity index (χ1n) is 7.18. The molecule has 8 heteroatoms. The van der Waals surface area contributed by atoms with Crippen molar-refractivity contribution < 1.29 is 4.79 Å². The van der Waals surface area contributed by atoms with E-state index in [1.165, 1.54) is 5.01 Å². The van der Waals surface area contributed by atoms with Gasteiger partial charge < -0.3 is 14.6 Å². The number of guanidine groups is 1. The number of aryl methyl sites for hydroxylation is 1. The molecule has 0 bridgehead atoms. The van der Waals surface area contributed by atoms with Crippen LogP contribution in [0.5, 0.6) is 0 Å². The van der Waals surface area contributed by atoms with Crippen molar-refractivity contribution >= 4 is 23.1 Å². The third kappa shape index (κ3) is 2.53. The highest BCUT2D eigenvalue weighted by atomic mass is 16.1. The van der Waals surface area contributed by atoms with Crippen molar-refractivity contribution in [2.75, 3.05) is 18.9 Å². The minimum absolute atomic E-state index is 0.162. The SMILES string of the molecule is CC1=C(C(=O)Nc2ccc3cnc(C)n3c2)CN(N)C(=N)N1C. The molecule has 23 heavy (non-hydrogen) atoms. The van der Waals surface area contributed by atoms with Crippen LogP contribution in [0.1, 0.15) is 12.7 Å². The van der Waals surface area contributed by atoms with Gasteiger partial charge in [-0.25, -0.2) is 10.8 Å². The van der Waals surface area contributed by atoms with Gasteiger partial charge in [0, 0.05) is 18.9 Å². The molecule has 0 aromatic carbocycles. The lowest BCUT2D eigenvalue weighted by Crippen LogP contribution is -2.51. The summed E-state index contributed by atoms with van der Waals surface area (Å²) in [6.07, 6.45) is 3.61. The first-order chi connectivity index (χ1) is 10.9. The molecule has 2 aromatic heterocycles. The number of aromatic nitrogens is 2. The van der Waals surface area contributed by atoms with E-state index in [1.54, 1.807) is 25.1 Å². The average Bonchev–Trinajstić information content (AvgIpc) is 2.89. The molecule has 3 heterocycles. The van der Waals surface area contributed by atoms with Crippen LogP contribution in [0.15, 0.2) is 35.8 Å². The van der Waals surface area contributed by atoms with Gasteiger partial charge in [0.25, 0.3) is 5.91 Å². The van der Waals surface area contributed by atoms with Crippen LogP contribution < -0.4 is 11.2 Å². The lowest BCUT2D eigenvalue weighted by atomic mass is 10.1. The molecule has 8 nitrogen and oxygen atoms in total. The predicted molar refractivity (Wildman–Crippen MR) is 87.6 cm³/mol. The molecule has 0 saturated carbocycles. The number of carbonyl (C=O) groups excluding carboxylic acids is 1. The van der Waals surface area contributed by atoms with Crippen LogP contribution in [0.4, 0.5) is 5.69 Å². The fourth-order valence-electron chi connectivity index (χ4n) is 2.55. The summed E-state index contributed by atoms with van der Waals surface area (Å²) >= 11 is 0. The highest BCUT2D eigenvalue weighted by Gasteiger charge is 2.27. The number of nitrogens with one attached hydrogen (secondary N) is 2. The highest BCUT2D eigenvalue weighted by molar-refractivity contribution is 6.05. The van der Waals surface area contributed by atoms with Crippen molar-refractivity contribution in [1.82, 2.24) is 19.3 Å². The molecular formula is C15H19N7O. The Morgan fingerprint density at radius 3 is 2.87 bits per heavy atom. The Morgan fingerprint density at radius 1 is 1.39 bits per heavy atom. The fraction of sp³-hybridized carbons (Fsp3) is 0.267. The van der Waals surface area contributed by atoms with E-state index in [0.29, 0.717) is 17.0 Å². The second-order valence-electron chi connectivity index (χ2n) is 5.55. The zero-order chi connectivity index (χ0) is 16.7. The van der Waals surface area contributed by atoms with E-state index in [1.807, 2.05) is 29.7 Å². The largest absolute Gasteiger partial charge is 0.321 e. The Bertz CT molecular complexity index is 835. The van der Waals surface area contributed by atoms with E-state index < -0.39 is 0 Å². The van der Waals surface area contributed by atoms with Gasteiger partial charge in [-0.15, -0.1) is 0 Å². The van der Waals surface area contributed by atoms with Gasteiger partial charge in [0.15, 0.2) is 0 Å². The average molecular weight is 313 g/mol. The predicted octanol–water partition coefficient (Wildman–Crippen LogP) is 0.911. The van der Waals surface area contributed by atoms with Crippen LogP contribution in [0.3, 0.4) is 0 Å². The van der Waals surface area contributed by atoms with Crippen molar-refractivity contribution in [2.24, 2.45) is 5.84 Å². The number of hydrogen-bond acceptors (Lipinski definition) is 4. The Kier molecular flexibility index (Phi) is 3.53. The van der Waals surface area contributed by atoms with Gasteiger partial charge in [-0.3, -0.25) is 15.2 Å². The molecule has 0 unspecified atom stereocenters. The van der Waals surface area contributed by atoms with E-state index in [-0.39, 0.29) is 18.4 Å². The van der Waals surface area contributed by atoms with Gasteiger partial charge >= 0.3 is 0 Å². The van der Waals surface area contributed by atoms with Gasteiger partial charge in [0.1, 0.15) is 5.82 Å². The monoisotopic (exact) mass is 313 g/mol. The number of imidazole rings is 1. The molecule has 0 spiro atoms. The number of anilines is 1. The van der Waals surface area contributed by atoms with Crippen molar-refractivity contribution in [2.45, 2.75) is 13.8 Å². The fourth-order valence-corrected chi connectivity index (χ4v) is 2.55. The third-order valence-electron chi connectivity index (χ3n) is 4.10. The normalized spacial score (nSPS) is 15.6. The Morgan fingerprint density at radius 2 is 2.13 bits per heavy atom. The number of hydrazine groups is 1. The zero-order valence-electron chi connectivity index (χ0n) is 13.3. The first-order valence-corrected chi connectivity index (χ1v) is 7.18. The molecule has 4 N–H and O–H groups in total. The summed E-state index contributed by atoms with van der Waals surface area (Å²) in [5.74, 6) is 6.56. The van der Waals surface area contributed by atoms with E-state index >= 15 is 0 Å². The van der Waals surface area contributed by atoms with E-state index in [9.17, 15) is 4.79 Å². The smallest absolute Gasteiger partial charge is 0.255 e. The molecule has 1 aliphatic heterocycles. The summed E-state index contributed by atoms with van der Waals surface area (Å²) in [7, 11) is 1.71. The molecule has 0 atom stereocenters. The summed E-state index contributed by atoms with van der Waals surface area (Å²) in [5, 5.41) is 12.0. The van der Waals surface area contributed by atoms with Gasteiger partial charge in [0.2, 0.25) is 5.96 Å². The second kappa shape index (κ2) is 5.40. The number of pyridine rings is 1. The molecule has 0 radical (unpaired) electrons. The molecule has 3 rings (SSSR count). The molecule has 0 fully saturated rings. The Hall–Kier alpha value is -2.87. The number of rotatable bonds is 2. The van der Waals surface area contributed by atoms with Crippen LogP contribution in [0.2, 0.25) is 0 Å². The second-order valence-corrected chi connectivity index (χ2v) is 5.55. The number of carbonyl (C=O) groups is 1. The maximum atomic E-state index is 12.6. The van der Waals surface area contributed by atoms with E-state index in [2.05, 4.69) is 10.3 Å². The number of hydrogen-bond donors (Lipinski definition) is 3. The van der Waals surface area contributed by atoms with Crippen molar-refractivity contribution in [1.29, 1.82) is 5.41 Å². The van der Waals surface area contributed by atoms with Gasteiger partial charge in [-0.2, -0.15) is 0 Å². The van der Waals surface area contributed by atoms with Crippen LogP contribution in [0, 0.1) is 12.3 Å². The molecule has 1 aliphatic rings. The molecule has 120 valence electrons. The van der Waals surface area contributed by atoms with Crippen molar-refractivity contribution in [3.05, 3.63) is 41.6 Å². The van der Waals surface area contributed by atoms with Gasteiger partial charge in [0.05, 0.1) is 29.5 Å². The maximum Gasteiger partial charge on any atom is 0.255 e. The zero-order valence-corrected chi connectivity index (χ0v) is 13.3. The quantitative estimate of drug-likeness (QED) is 0.715. The van der Waals surface area contributed by atoms with Crippen LogP contribution in [0.25, 0.3) is 5.52 Å². The highest BCUT2D eigenvalue weighted by Crippen LogP contribution is 2.19. The molecule has 2 aromatic rings. The summed E-state index contributed by atoms with van der Waals surface area (Å²) in [5.41, 5.74) is 2.90. The lowest BCUT2D eigenvalue weighted by molar-refractivity contribution is -0.113. The summed E-state index contributed by atoms with van der Waals surface area (Å²) in [4.78, 5) is 18.4. The molecule has 1 amide bonds. The van der Waals surface area contributed by atoms with Gasteiger partial charge in [-0.1, -0.05) is 0 Å². The van der Waals surface area contributed by atoms with E-state index in [4.69, 9.17) is 11.3 Å². The summed E-state index contributed by atoms with van der Waals surface area (Å²) in [6, 6.07) is 3.73. The standard InChI is InChI=1S/C15H19N7O/c1-9-13(8-22(17)15(16)20(9)3)14(23)19-11-4-5-12-6-18-10(2)21(12)7-11/h4-7,16H,8,17H2,1-3H3,(H,19,23). The summed E-state index contributed by atoms with van der Waals surface area (Å²) < 4.78 is 1.91. The number of nitrogens with two attached hydrogens (primary N) is 1. The van der Waals surface area contributed by atoms with Crippen molar-refractivity contribution in [3.8, 4) is 0 Å². The Balaban J connectivity index is 1.88. The van der Waals surface area contributed by atoms with E-state index in [0.717, 1.165) is 11.3 Å². The number of nitrogens with zero attached hydrogens (tertiary/aromatic N) is 4. The maximum absolute atomic E-state index is 12.6. The molecular weight excluding hydrogens is 294 g/mol. The minimum atomic E-state index is -0.227. The minimum Gasteiger partial charge on any atom is -0.321 e. The van der Waals surface area contributed by atoms with Crippen LogP contribution >= 0.6 is 0 Å². The topological polar surface area (TPSA) is 103 Å². The van der Waals surface area contributed by atoms with Gasteiger partial charge in [-0.05, 0) is 26.0 Å². The number of amides is 1. The summed E-state index contributed by atoms with van der Waals surface area (Å²) in [6.45, 7) is 3.91. The van der Waals surface area contributed by atoms with Crippen LogP contribution in [-0.2, 0) is 4.79 Å². The lowest BCUT2D eigenvalue weighted by Gasteiger charge is -2.34. The first kappa shape index (κ1) is 15.0. The Labute approximate surface area is 133 Å². The molecule has 0 saturated heterocycles. The van der Waals surface area contributed by atoms with Crippen LogP contribution in [-0.4, -0.2) is 44.8 Å². The molecule has 0 aliphatic carbocycles. The number of allylic oxidation sites excluding steroid dienone is 1. The third-order valence-corrected chi connectivity index (χ3v) is 4.10.